The van der Waals surface area contributed by atoms with Crippen molar-refractivity contribution in [1.82, 2.24) is 4.98 Å². The number of aliphatic carboxylic acids is 1. The molecule has 4 unspecified atom stereocenters. The Morgan fingerprint density at radius 1 is 1.15 bits per heavy atom. The molecule has 1 aromatic carbocycles. The Morgan fingerprint density at radius 2 is 1.81 bits per heavy atom. The number of rotatable bonds is 5. The van der Waals surface area contributed by atoms with E-state index in [-0.39, 0.29) is 17.7 Å². The lowest BCUT2D eigenvalue weighted by molar-refractivity contribution is -0.314. The summed E-state index contributed by atoms with van der Waals surface area (Å²) >= 11 is 1.37. The van der Waals surface area contributed by atoms with Crippen molar-refractivity contribution in [2.75, 3.05) is 5.32 Å². The van der Waals surface area contributed by atoms with Crippen LogP contribution in [-0.4, -0.2) is 16.9 Å². The van der Waals surface area contributed by atoms with Gasteiger partial charge in [-0.15, -0.1) is 11.3 Å². The zero-order chi connectivity index (χ0) is 19.1. The third-order valence-electron chi connectivity index (χ3n) is 6.10. The van der Waals surface area contributed by atoms with Crippen molar-refractivity contribution in [3.8, 4) is 11.3 Å². The van der Waals surface area contributed by atoms with Crippen molar-refractivity contribution in [1.29, 1.82) is 0 Å². The summed E-state index contributed by atoms with van der Waals surface area (Å²) in [5.74, 6) is -1.76. The van der Waals surface area contributed by atoms with Gasteiger partial charge in [-0.2, -0.15) is 0 Å². The summed E-state index contributed by atoms with van der Waals surface area (Å²) in [6.07, 6.45) is 2.64. The average molecular weight is 383 g/mol. The predicted molar refractivity (Wildman–Crippen MR) is 103 cm³/mol. The molecule has 6 heteroatoms. The SMILES string of the molecule is CC(C)c1ccc(-c2csc(NC(=O)C3C4CCC(C4)C3C(=O)[O-])n2)cc1. The van der Waals surface area contributed by atoms with Crippen LogP contribution in [0.3, 0.4) is 0 Å². The van der Waals surface area contributed by atoms with Gasteiger partial charge in [0, 0.05) is 28.7 Å². The highest BCUT2D eigenvalue weighted by Crippen LogP contribution is 2.52. The van der Waals surface area contributed by atoms with E-state index >= 15 is 0 Å². The molecule has 1 amide bonds. The normalized spacial score (nSPS) is 26.5. The van der Waals surface area contributed by atoms with Crippen LogP contribution in [0.1, 0.15) is 44.6 Å². The molecule has 1 aromatic heterocycles. The highest BCUT2D eigenvalue weighted by molar-refractivity contribution is 7.14. The number of thiazole rings is 1. The Morgan fingerprint density at radius 3 is 2.44 bits per heavy atom. The molecule has 4 atom stereocenters. The van der Waals surface area contributed by atoms with Crippen molar-refractivity contribution >= 4 is 28.3 Å². The highest BCUT2D eigenvalue weighted by atomic mass is 32.1. The van der Waals surface area contributed by atoms with E-state index in [4.69, 9.17) is 0 Å². The standard InChI is InChI=1S/C21H24N2O3S/c1-11(2)12-3-5-13(6-4-12)16-10-27-21(22-16)23-19(24)17-14-7-8-15(9-14)18(17)20(25)26/h3-6,10-11,14-15,17-18H,7-9H2,1-2H3,(H,25,26)(H,22,23,24)/p-1. The Labute approximate surface area is 162 Å². The van der Waals surface area contributed by atoms with Gasteiger partial charge in [-0.05, 0) is 42.6 Å². The molecule has 2 aliphatic carbocycles. The van der Waals surface area contributed by atoms with Crippen molar-refractivity contribution < 1.29 is 14.7 Å². The molecule has 4 rings (SSSR count). The fraction of sp³-hybridized carbons (Fsp3) is 0.476. The minimum absolute atomic E-state index is 0.0853. The van der Waals surface area contributed by atoms with Gasteiger partial charge in [-0.3, -0.25) is 4.79 Å². The molecule has 0 aliphatic heterocycles. The number of nitrogens with zero attached hydrogens (tertiary/aromatic N) is 1. The van der Waals surface area contributed by atoms with E-state index in [0.29, 0.717) is 11.0 Å². The number of nitrogens with one attached hydrogen (secondary N) is 1. The number of carboxylic acid groups (broad SMARTS) is 1. The third kappa shape index (κ3) is 3.38. The molecule has 0 radical (unpaired) electrons. The largest absolute Gasteiger partial charge is 0.550 e. The van der Waals surface area contributed by atoms with Gasteiger partial charge in [-0.25, -0.2) is 4.98 Å². The minimum Gasteiger partial charge on any atom is -0.550 e. The lowest BCUT2D eigenvalue weighted by atomic mass is 9.79. The van der Waals surface area contributed by atoms with Crippen LogP contribution in [0.25, 0.3) is 11.3 Å². The summed E-state index contributed by atoms with van der Waals surface area (Å²) in [7, 11) is 0. The smallest absolute Gasteiger partial charge is 0.230 e. The summed E-state index contributed by atoms with van der Waals surface area (Å²) in [6.45, 7) is 4.31. The van der Waals surface area contributed by atoms with Gasteiger partial charge in [0.05, 0.1) is 5.69 Å². The average Bonchev–Trinajstić information content (AvgIpc) is 3.37. The zero-order valence-corrected chi connectivity index (χ0v) is 16.3. The highest BCUT2D eigenvalue weighted by Gasteiger charge is 2.51. The van der Waals surface area contributed by atoms with Crippen molar-refractivity contribution in [2.24, 2.45) is 23.7 Å². The molecule has 2 aromatic rings. The molecule has 5 nitrogen and oxygen atoms in total. The molecular weight excluding hydrogens is 360 g/mol. The molecule has 0 spiro atoms. The number of carbonyl (C=O) groups is 2. The first-order chi connectivity index (χ1) is 12.9. The summed E-state index contributed by atoms with van der Waals surface area (Å²) in [5, 5.41) is 16.8. The molecule has 142 valence electrons. The Hall–Kier alpha value is -2.21. The van der Waals surface area contributed by atoms with Gasteiger partial charge in [0.2, 0.25) is 5.91 Å². The first-order valence-electron chi connectivity index (χ1n) is 9.51. The van der Waals surface area contributed by atoms with Crippen molar-refractivity contribution in [2.45, 2.75) is 39.0 Å². The maximum absolute atomic E-state index is 12.7. The maximum atomic E-state index is 12.7. The number of amides is 1. The van der Waals surface area contributed by atoms with E-state index in [1.807, 2.05) is 17.5 Å². The van der Waals surface area contributed by atoms with Gasteiger partial charge in [-0.1, -0.05) is 38.1 Å². The lowest BCUT2D eigenvalue weighted by Crippen LogP contribution is -2.43. The van der Waals surface area contributed by atoms with E-state index in [0.717, 1.165) is 30.5 Å². The first kappa shape index (κ1) is 18.2. The van der Waals surface area contributed by atoms with Crippen LogP contribution in [0, 0.1) is 23.7 Å². The van der Waals surface area contributed by atoms with E-state index in [2.05, 4.69) is 36.3 Å². The Kier molecular flexibility index (Phi) is 4.76. The molecule has 2 fully saturated rings. The number of carbonyl (C=O) groups excluding carboxylic acids is 2. The number of anilines is 1. The topological polar surface area (TPSA) is 82.1 Å². The Balaban J connectivity index is 1.47. The number of hydrogen-bond acceptors (Lipinski definition) is 5. The number of benzene rings is 1. The van der Waals surface area contributed by atoms with Crippen LogP contribution in [0.5, 0.6) is 0 Å². The third-order valence-corrected chi connectivity index (χ3v) is 6.86. The summed E-state index contributed by atoms with van der Waals surface area (Å²) in [5.41, 5.74) is 3.09. The second-order valence-electron chi connectivity index (χ2n) is 8.01. The fourth-order valence-electron chi connectivity index (χ4n) is 4.70. The first-order valence-corrected chi connectivity index (χ1v) is 10.4. The van der Waals surface area contributed by atoms with Gasteiger partial charge in [0.15, 0.2) is 5.13 Å². The molecule has 2 aliphatic rings. The molecule has 0 saturated heterocycles. The maximum Gasteiger partial charge on any atom is 0.230 e. The van der Waals surface area contributed by atoms with Crippen LogP contribution in [0.15, 0.2) is 29.6 Å². The predicted octanol–water partition coefficient (Wildman–Crippen LogP) is 3.28. The van der Waals surface area contributed by atoms with Gasteiger partial charge >= 0.3 is 0 Å². The zero-order valence-electron chi connectivity index (χ0n) is 15.5. The van der Waals surface area contributed by atoms with E-state index in [1.54, 1.807) is 0 Å². The molecule has 1 heterocycles. The number of hydrogen-bond donors (Lipinski definition) is 1. The van der Waals surface area contributed by atoms with Crippen molar-refractivity contribution in [3.05, 3.63) is 35.2 Å². The minimum atomic E-state index is -1.09. The number of fused-ring (bicyclic) bond motifs is 2. The van der Waals surface area contributed by atoms with Crippen molar-refractivity contribution in [3.63, 3.8) is 0 Å². The summed E-state index contributed by atoms with van der Waals surface area (Å²) in [6, 6.07) is 8.27. The molecule has 2 saturated carbocycles. The second kappa shape index (κ2) is 7.08. The second-order valence-corrected chi connectivity index (χ2v) is 8.87. The monoisotopic (exact) mass is 383 g/mol. The molecule has 27 heavy (non-hydrogen) atoms. The van der Waals surface area contributed by atoms with Gasteiger partial charge < -0.3 is 15.2 Å². The van der Waals surface area contributed by atoms with Crippen LogP contribution < -0.4 is 10.4 Å². The van der Waals surface area contributed by atoms with E-state index < -0.39 is 17.8 Å². The van der Waals surface area contributed by atoms with Crippen LogP contribution in [0.4, 0.5) is 5.13 Å². The number of carboxylic acids is 1. The fourth-order valence-corrected chi connectivity index (χ4v) is 5.42. The van der Waals surface area contributed by atoms with Crippen LogP contribution in [0.2, 0.25) is 0 Å². The summed E-state index contributed by atoms with van der Waals surface area (Å²) < 4.78 is 0. The molecular formula is C21H23N2O3S-. The van der Waals surface area contributed by atoms with Crippen LogP contribution >= 0.6 is 11.3 Å². The van der Waals surface area contributed by atoms with Crippen LogP contribution in [-0.2, 0) is 9.59 Å². The van der Waals surface area contributed by atoms with Gasteiger partial charge in [0.1, 0.15) is 0 Å². The lowest BCUT2D eigenvalue weighted by Gasteiger charge is -2.30. The van der Waals surface area contributed by atoms with Gasteiger partial charge in [0.25, 0.3) is 0 Å². The quantitative estimate of drug-likeness (QED) is 0.859. The van der Waals surface area contributed by atoms with E-state index in [1.165, 1.54) is 16.9 Å². The van der Waals surface area contributed by atoms with E-state index in [9.17, 15) is 14.7 Å². The molecule has 1 N–H and O–H groups in total. The Bertz CT molecular complexity index is 859. The molecule has 2 bridgehead atoms. The summed E-state index contributed by atoms with van der Waals surface area (Å²) in [4.78, 5) is 28.8. The number of aromatic nitrogens is 1.